The first-order valence-electron chi connectivity index (χ1n) is 9.74. The summed E-state index contributed by atoms with van der Waals surface area (Å²) in [6.45, 7) is 6.33. The lowest BCUT2D eigenvalue weighted by Crippen LogP contribution is -2.31. The summed E-state index contributed by atoms with van der Waals surface area (Å²) in [5.41, 5.74) is 1.61. The van der Waals surface area contributed by atoms with Crippen molar-refractivity contribution in [2.75, 3.05) is 5.75 Å². The number of benzene rings is 1. The Balaban J connectivity index is 1.49. The molecule has 1 aromatic heterocycles. The lowest BCUT2D eigenvalue weighted by Gasteiger charge is -2.18. The van der Waals surface area contributed by atoms with Gasteiger partial charge in [-0.3, -0.25) is 14.9 Å². The second-order valence-electron chi connectivity index (χ2n) is 8.23. The van der Waals surface area contributed by atoms with Crippen LogP contribution in [0.15, 0.2) is 33.9 Å². The van der Waals surface area contributed by atoms with E-state index in [0.717, 1.165) is 30.2 Å². The van der Waals surface area contributed by atoms with Crippen LogP contribution >= 0.6 is 11.8 Å². The van der Waals surface area contributed by atoms with Crippen molar-refractivity contribution in [2.45, 2.75) is 69.4 Å². The molecule has 1 saturated carbocycles. The van der Waals surface area contributed by atoms with E-state index in [2.05, 4.69) is 36.3 Å². The van der Waals surface area contributed by atoms with E-state index in [-0.39, 0.29) is 17.1 Å². The second kappa shape index (κ2) is 8.90. The van der Waals surface area contributed by atoms with E-state index >= 15 is 0 Å². The van der Waals surface area contributed by atoms with Gasteiger partial charge in [-0.05, 0) is 36.0 Å². The van der Waals surface area contributed by atoms with Crippen molar-refractivity contribution in [2.24, 2.45) is 0 Å². The first-order valence-corrected chi connectivity index (χ1v) is 10.7. The number of thioether (sulfide) groups is 1. The van der Waals surface area contributed by atoms with Crippen LogP contribution in [0, 0.1) is 0 Å². The standard InChI is InChI=1S/C21H27N3O3S/c1-21(2,3)16-11-9-14(10-12-16)18(26)22-17(25)13-28-20-24-23-19(27-20)15-7-5-4-6-8-15/h9-12,15H,4-8,13H2,1-3H3,(H,22,25,26). The molecule has 0 bridgehead atoms. The molecule has 0 radical (unpaired) electrons. The molecule has 28 heavy (non-hydrogen) atoms. The third-order valence-electron chi connectivity index (χ3n) is 4.97. The van der Waals surface area contributed by atoms with E-state index in [1.165, 1.54) is 19.3 Å². The lowest BCUT2D eigenvalue weighted by atomic mass is 9.87. The molecule has 1 fully saturated rings. The third-order valence-corrected chi connectivity index (χ3v) is 5.79. The second-order valence-corrected chi connectivity index (χ2v) is 9.16. The normalized spacial score (nSPS) is 15.4. The summed E-state index contributed by atoms with van der Waals surface area (Å²) >= 11 is 1.15. The van der Waals surface area contributed by atoms with Crippen LogP contribution in [0.5, 0.6) is 0 Å². The van der Waals surface area contributed by atoms with Crippen molar-refractivity contribution in [3.05, 3.63) is 41.3 Å². The summed E-state index contributed by atoms with van der Waals surface area (Å²) in [4.78, 5) is 24.3. The minimum absolute atomic E-state index is 0.0159. The highest BCUT2D eigenvalue weighted by atomic mass is 32.2. The average Bonchev–Trinajstić information content (AvgIpc) is 3.15. The Kier molecular flexibility index (Phi) is 6.54. The van der Waals surface area contributed by atoms with E-state index in [1.807, 2.05) is 12.1 Å². The van der Waals surface area contributed by atoms with Crippen LogP contribution in [0.4, 0.5) is 0 Å². The van der Waals surface area contributed by atoms with E-state index in [0.29, 0.717) is 22.6 Å². The van der Waals surface area contributed by atoms with Crippen LogP contribution in [-0.2, 0) is 10.2 Å². The molecule has 1 aliphatic rings. The van der Waals surface area contributed by atoms with Crippen molar-refractivity contribution in [1.29, 1.82) is 0 Å². The van der Waals surface area contributed by atoms with Crippen LogP contribution < -0.4 is 5.32 Å². The number of nitrogens with zero attached hydrogens (tertiary/aromatic N) is 2. The molecule has 0 aliphatic heterocycles. The fourth-order valence-electron chi connectivity index (χ4n) is 3.28. The van der Waals surface area contributed by atoms with Crippen LogP contribution in [0.2, 0.25) is 0 Å². The molecule has 3 rings (SSSR count). The minimum Gasteiger partial charge on any atom is -0.416 e. The molecule has 2 aromatic rings. The predicted octanol–water partition coefficient (Wildman–Crippen LogP) is 4.46. The summed E-state index contributed by atoms with van der Waals surface area (Å²) < 4.78 is 5.68. The van der Waals surface area contributed by atoms with Gasteiger partial charge in [-0.15, -0.1) is 10.2 Å². The Morgan fingerprint density at radius 3 is 2.43 bits per heavy atom. The van der Waals surface area contributed by atoms with E-state index < -0.39 is 5.91 Å². The molecular formula is C21H27N3O3S. The molecule has 1 aliphatic carbocycles. The topological polar surface area (TPSA) is 85.1 Å². The molecule has 0 unspecified atom stereocenters. The van der Waals surface area contributed by atoms with Gasteiger partial charge in [0.2, 0.25) is 11.8 Å². The summed E-state index contributed by atoms with van der Waals surface area (Å²) in [7, 11) is 0. The zero-order chi connectivity index (χ0) is 20.1. The summed E-state index contributed by atoms with van der Waals surface area (Å²) in [6.07, 6.45) is 5.80. The fourth-order valence-corrected chi connectivity index (χ4v) is 3.85. The summed E-state index contributed by atoms with van der Waals surface area (Å²) in [5, 5.41) is 10.9. The Morgan fingerprint density at radius 2 is 1.79 bits per heavy atom. The SMILES string of the molecule is CC(C)(C)c1ccc(C(=O)NC(=O)CSc2nnc(C3CCCCC3)o2)cc1. The number of aromatic nitrogens is 2. The highest BCUT2D eigenvalue weighted by Gasteiger charge is 2.22. The maximum atomic E-state index is 12.2. The Hall–Kier alpha value is -2.15. The molecule has 150 valence electrons. The van der Waals surface area contributed by atoms with E-state index in [4.69, 9.17) is 4.42 Å². The van der Waals surface area contributed by atoms with E-state index in [9.17, 15) is 9.59 Å². The predicted molar refractivity (Wildman–Crippen MR) is 108 cm³/mol. The number of imide groups is 1. The molecular weight excluding hydrogens is 374 g/mol. The number of carbonyl (C=O) groups excluding carboxylic acids is 2. The number of amides is 2. The van der Waals surface area contributed by atoms with Gasteiger partial charge in [-0.2, -0.15) is 0 Å². The van der Waals surface area contributed by atoms with E-state index in [1.54, 1.807) is 12.1 Å². The van der Waals surface area contributed by atoms with Crippen LogP contribution in [-0.4, -0.2) is 27.8 Å². The number of rotatable bonds is 5. The van der Waals surface area contributed by atoms with Gasteiger partial charge in [0.1, 0.15) is 0 Å². The van der Waals surface area contributed by atoms with Gasteiger partial charge in [0.15, 0.2) is 0 Å². The van der Waals surface area contributed by atoms with Crippen molar-refractivity contribution in [3.63, 3.8) is 0 Å². The zero-order valence-corrected chi connectivity index (χ0v) is 17.5. The number of nitrogens with one attached hydrogen (secondary N) is 1. The Morgan fingerprint density at radius 1 is 1.11 bits per heavy atom. The first-order chi connectivity index (χ1) is 13.3. The Bertz CT molecular complexity index is 818. The lowest BCUT2D eigenvalue weighted by molar-refractivity contribution is -0.117. The molecule has 1 heterocycles. The quantitative estimate of drug-likeness (QED) is 0.745. The first kappa shape index (κ1) is 20.6. The van der Waals surface area contributed by atoms with Crippen LogP contribution in [0.25, 0.3) is 0 Å². The van der Waals surface area contributed by atoms with Crippen LogP contribution in [0.3, 0.4) is 0 Å². The summed E-state index contributed by atoms with van der Waals surface area (Å²) in [5.74, 6) is 0.268. The largest absolute Gasteiger partial charge is 0.416 e. The van der Waals surface area contributed by atoms with Gasteiger partial charge in [0, 0.05) is 11.5 Å². The monoisotopic (exact) mass is 401 g/mol. The number of carbonyl (C=O) groups is 2. The van der Waals surface area contributed by atoms with Crippen molar-refractivity contribution < 1.29 is 14.0 Å². The van der Waals surface area contributed by atoms with Crippen molar-refractivity contribution in [1.82, 2.24) is 15.5 Å². The van der Waals surface area contributed by atoms with Gasteiger partial charge in [-0.1, -0.05) is 63.9 Å². The maximum absolute atomic E-state index is 12.2. The van der Waals surface area contributed by atoms with Gasteiger partial charge < -0.3 is 4.42 Å². The number of hydrogen-bond acceptors (Lipinski definition) is 6. The molecule has 0 saturated heterocycles. The van der Waals surface area contributed by atoms with Gasteiger partial charge in [0.05, 0.1) is 5.75 Å². The minimum atomic E-state index is -0.403. The molecule has 1 N–H and O–H groups in total. The molecule has 2 amide bonds. The number of hydrogen-bond donors (Lipinski definition) is 1. The fraction of sp³-hybridized carbons (Fsp3) is 0.524. The van der Waals surface area contributed by atoms with Crippen molar-refractivity contribution in [3.8, 4) is 0 Å². The van der Waals surface area contributed by atoms with Gasteiger partial charge in [-0.25, -0.2) is 0 Å². The molecule has 0 atom stereocenters. The molecule has 1 aromatic carbocycles. The average molecular weight is 402 g/mol. The molecule has 7 heteroatoms. The van der Waals surface area contributed by atoms with Gasteiger partial charge in [0.25, 0.3) is 11.1 Å². The Labute approximate surface area is 169 Å². The smallest absolute Gasteiger partial charge is 0.277 e. The maximum Gasteiger partial charge on any atom is 0.277 e. The highest BCUT2D eigenvalue weighted by molar-refractivity contribution is 7.99. The molecule has 0 spiro atoms. The summed E-state index contributed by atoms with van der Waals surface area (Å²) in [6, 6.07) is 7.31. The highest BCUT2D eigenvalue weighted by Crippen LogP contribution is 2.32. The van der Waals surface area contributed by atoms with Crippen molar-refractivity contribution >= 4 is 23.6 Å². The zero-order valence-electron chi connectivity index (χ0n) is 16.7. The van der Waals surface area contributed by atoms with Crippen LogP contribution in [0.1, 0.15) is 80.6 Å². The van der Waals surface area contributed by atoms with Gasteiger partial charge >= 0.3 is 0 Å². The third kappa shape index (κ3) is 5.44. The molecule has 6 nitrogen and oxygen atoms in total.